The zero-order valence-corrected chi connectivity index (χ0v) is 12.7. The lowest BCUT2D eigenvalue weighted by Gasteiger charge is -2.11. The lowest BCUT2D eigenvalue weighted by atomic mass is 10.2. The molecule has 0 atom stereocenters. The van der Waals surface area contributed by atoms with Crippen molar-refractivity contribution in [3.63, 3.8) is 0 Å². The number of nitrogens with zero attached hydrogens (tertiary/aromatic N) is 2. The van der Waals surface area contributed by atoms with Gasteiger partial charge >= 0.3 is 0 Å². The van der Waals surface area contributed by atoms with Crippen LogP contribution < -0.4 is 11.1 Å². The fourth-order valence-electron chi connectivity index (χ4n) is 1.95. The summed E-state index contributed by atoms with van der Waals surface area (Å²) < 4.78 is 14.8. The summed E-state index contributed by atoms with van der Waals surface area (Å²) in [5.74, 6) is 0.0964. The third kappa shape index (κ3) is 2.83. The zero-order valence-electron chi connectivity index (χ0n) is 11.2. The van der Waals surface area contributed by atoms with E-state index < -0.39 is 5.82 Å². The van der Waals surface area contributed by atoms with Crippen molar-refractivity contribution in [1.29, 1.82) is 0 Å². The van der Waals surface area contributed by atoms with Gasteiger partial charge in [-0.3, -0.25) is 4.68 Å². The molecule has 0 aliphatic rings. The summed E-state index contributed by atoms with van der Waals surface area (Å²) in [5, 5.41) is 7.75. The van der Waals surface area contributed by atoms with Crippen molar-refractivity contribution in [2.24, 2.45) is 7.05 Å². The van der Waals surface area contributed by atoms with Gasteiger partial charge in [0.05, 0.1) is 27.1 Å². The molecule has 1 heterocycles. The summed E-state index contributed by atoms with van der Waals surface area (Å²) in [7, 11) is 1.77. The van der Waals surface area contributed by atoms with Crippen LogP contribution in [0.15, 0.2) is 12.1 Å². The molecule has 0 saturated carbocycles. The highest BCUT2D eigenvalue weighted by Crippen LogP contribution is 2.36. The third-order valence-electron chi connectivity index (χ3n) is 2.90. The number of nitrogen functional groups attached to an aromatic ring is 1. The molecule has 0 amide bonds. The number of nitrogens with two attached hydrogens (primary N) is 1. The monoisotopic (exact) mass is 316 g/mol. The predicted molar refractivity (Wildman–Crippen MR) is 81.3 cm³/mol. The number of anilines is 3. The Morgan fingerprint density at radius 2 is 1.95 bits per heavy atom. The largest absolute Gasteiger partial charge is 0.394 e. The van der Waals surface area contributed by atoms with E-state index in [1.54, 1.807) is 11.7 Å². The lowest BCUT2D eigenvalue weighted by Crippen LogP contribution is -2.02. The van der Waals surface area contributed by atoms with Crippen LogP contribution in [0.5, 0.6) is 0 Å². The maximum Gasteiger partial charge on any atom is 0.152 e. The van der Waals surface area contributed by atoms with E-state index in [1.807, 2.05) is 0 Å². The van der Waals surface area contributed by atoms with Crippen LogP contribution >= 0.6 is 23.2 Å². The molecular weight excluding hydrogens is 302 g/mol. The molecule has 4 nitrogen and oxygen atoms in total. The summed E-state index contributed by atoms with van der Waals surface area (Å²) in [6.07, 6.45) is 1.73. The molecule has 2 rings (SSSR count). The molecule has 0 fully saturated rings. The first-order chi connectivity index (χ1) is 9.43. The Balaban J connectivity index is 2.40. The average Bonchev–Trinajstić information content (AvgIpc) is 2.61. The van der Waals surface area contributed by atoms with Crippen LogP contribution in [0, 0.1) is 5.82 Å². The van der Waals surface area contributed by atoms with Crippen LogP contribution in [0.25, 0.3) is 0 Å². The Morgan fingerprint density at radius 1 is 1.35 bits per heavy atom. The van der Waals surface area contributed by atoms with Crippen molar-refractivity contribution in [3.8, 4) is 0 Å². The highest BCUT2D eigenvalue weighted by molar-refractivity contribution is 6.39. The first kappa shape index (κ1) is 14.9. The minimum atomic E-state index is -0.491. The molecule has 3 N–H and O–H groups in total. The first-order valence-electron chi connectivity index (χ1n) is 6.17. The molecule has 1 aromatic carbocycles. The van der Waals surface area contributed by atoms with E-state index in [1.165, 1.54) is 12.1 Å². The number of nitrogens with one attached hydrogen (secondary N) is 1. The lowest BCUT2D eigenvalue weighted by molar-refractivity contribution is 0.628. The van der Waals surface area contributed by atoms with Crippen LogP contribution in [0.1, 0.15) is 19.0 Å². The number of hydrogen-bond acceptors (Lipinski definition) is 3. The van der Waals surface area contributed by atoms with Gasteiger partial charge in [0, 0.05) is 7.05 Å². The van der Waals surface area contributed by atoms with Crippen LogP contribution in [0.2, 0.25) is 10.0 Å². The van der Waals surface area contributed by atoms with Crippen molar-refractivity contribution in [2.45, 2.75) is 19.8 Å². The Bertz CT molecular complexity index is 617. The minimum absolute atomic E-state index is 0.188. The van der Waals surface area contributed by atoms with E-state index in [0.29, 0.717) is 17.2 Å². The van der Waals surface area contributed by atoms with Crippen molar-refractivity contribution in [2.75, 3.05) is 11.1 Å². The number of aryl methyl sites for hydroxylation is 2. The number of aromatic nitrogens is 2. The summed E-state index contributed by atoms with van der Waals surface area (Å²) >= 11 is 12.0. The number of halogens is 3. The third-order valence-corrected chi connectivity index (χ3v) is 3.49. The molecular formula is C13H15Cl2FN4. The quantitative estimate of drug-likeness (QED) is 0.891. The van der Waals surface area contributed by atoms with E-state index in [-0.39, 0.29) is 10.0 Å². The summed E-state index contributed by atoms with van der Waals surface area (Å²) in [6, 6.07) is 2.38. The normalized spacial score (nSPS) is 10.8. The average molecular weight is 317 g/mol. The van der Waals surface area contributed by atoms with E-state index in [0.717, 1.165) is 18.5 Å². The molecule has 0 spiro atoms. The molecule has 0 aliphatic heterocycles. The first-order valence-corrected chi connectivity index (χ1v) is 6.92. The fraction of sp³-hybridized carbons (Fsp3) is 0.308. The van der Waals surface area contributed by atoms with Gasteiger partial charge in [-0.1, -0.05) is 36.5 Å². The van der Waals surface area contributed by atoms with Gasteiger partial charge in [0.2, 0.25) is 0 Å². The van der Waals surface area contributed by atoms with E-state index in [4.69, 9.17) is 28.9 Å². The van der Waals surface area contributed by atoms with Crippen LogP contribution in [-0.2, 0) is 13.5 Å². The highest BCUT2D eigenvalue weighted by atomic mass is 35.5. The maximum absolute atomic E-state index is 13.2. The highest BCUT2D eigenvalue weighted by Gasteiger charge is 2.16. The number of benzene rings is 1. The summed E-state index contributed by atoms with van der Waals surface area (Å²) in [5.41, 5.74) is 7.83. The molecule has 108 valence electrons. The molecule has 7 heteroatoms. The van der Waals surface area contributed by atoms with E-state index >= 15 is 0 Å². The molecule has 0 saturated heterocycles. The second-order valence-electron chi connectivity index (χ2n) is 4.45. The number of rotatable bonds is 4. The van der Waals surface area contributed by atoms with Gasteiger partial charge in [-0.25, -0.2) is 4.39 Å². The molecule has 1 aromatic heterocycles. The Kier molecular flexibility index (Phi) is 4.40. The minimum Gasteiger partial charge on any atom is -0.394 e. The Labute approximate surface area is 126 Å². The number of hydrogen-bond donors (Lipinski definition) is 2. The smallest absolute Gasteiger partial charge is 0.152 e. The van der Waals surface area contributed by atoms with Crippen molar-refractivity contribution >= 4 is 40.4 Å². The molecule has 2 aromatic rings. The van der Waals surface area contributed by atoms with Gasteiger partial charge in [0.1, 0.15) is 5.82 Å². The van der Waals surface area contributed by atoms with Crippen molar-refractivity contribution in [1.82, 2.24) is 9.78 Å². The maximum atomic E-state index is 13.2. The molecule has 0 aliphatic carbocycles. The molecule has 0 radical (unpaired) electrons. The molecule has 0 unspecified atom stereocenters. The van der Waals surface area contributed by atoms with Crippen molar-refractivity contribution in [3.05, 3.63) is 33.7 Å². The topological polar surface area (TPSA) is 55.9 Å². The van der Waals surface area contributed by atoms with Gasteiger partial charge in [-0.2, -0.15) is 5.10 Å². The van der Waals surface area contributed by atoms with Gasteiger partial charge in [0.25, 0.3) is 0 Å². The van der Waals surface area contributed by atoms with Crippen molar-refractivity contribution < 1.29 is 4.39 Å². The van der Waals surface area contributed by atoms with E-state index in [2.05, 4.69) is 17.3 Å². The van der Waals surface area contributed by atoms with Gasteiger partial charge in [0.15, 0.2) is 5.82 Å². The summed E-state index contributed by atoms with van der Waals surface area (Å²) in [6.45, 7) is 2.05. The Hall–Kier alpha value is -1.46. The Morgan fingerprint density at radius 3 is 2.50 bits per heavy atom. The second-order valence-corrected chi connectivity index (χ2v) is 5.27. The standard InChI is InChI=1S/C13H15Cl2FN4/c1-3-4-10-11(17)13(20(2)19-10)18-12-8(14)5-7(16)6-9(12)15/h5-6,18H,3-4,17H2,1-2H3. The molecule has 20 heavy (non-hydrogen) atoms. The SMILES string of the molecule is CCCc1nn(C)c(Nc2c(Cl)cc(F)cc2Cl)c1N. The zero-order chi connectivity index (χ0) is 14.9. The van der Waals surface area contributed by atoms with Crippen LogP contribution in [0.3, 0.4) is 0 Å². The fourth-order valence-corrected chi connectivity index (χ4v) is 2.50. The van der Waals surface area contributed by atoms with Gasteiger partial charge in [-0.05, 0) is 18.6 Å². The van der Waals surface area contributed by atoms with Crippen LogP contribution in [-0.4, -0.2) is 9.78 Å². The van der Waals surface area contributed by atoms with Gasteiger partial charge < -0.3 is 11.1 Å². The molecule has 0 bridgehead atoms. The van der Waals surface area contributed by atoms with Gasteiger partial charge in [-0.15, -0.1) is 0 Å². The summed E-state index contributed by atoms with van der Waals surface area (Å²) in [4.78, 5) is 0. The predicted octanol–water partition coefficient (Wildman–Crippen LogP) is 4.14. The van der Waals surface area contributed by atoms with Crippen LogP contribution in [0.4, 0.5) is 21.6 Å². The second kappa shape index (κ2) is 5.89. The van der Waals surface area contributed by atoms with E-state index in [9.17, 15) is 4.39 Å².